The number of hydrogen-bond acceptors (Lipinski definition) is 7. The van der Waals surface area contributed by atoms with Crippen LogP contribution in [0.1, 0.15) is 19.8 Å². The van der Waals surface area contributed by atoms with Gasteiger partial charge in [0.2, 0.25) is 0 Å². The summed E-state index contributed by atoms with van der Waals surface area (Å²) in [5, 5.41) is 35.0. The lowest BCUT2D eigenvalue weighted by Crippen LogP contribution is -2.33. The summed E-state index contributed by atoms with van der Waals surface area (Å²) in [6, 6.07) is -2.13. The Morgan fingerprint density at radius 2 is 1.67 bits per heavy atom. The van der Waals surface area contributed by atoms with E-state index < -0.39 is 36.6 Å². The molecule has 0 saturated carbocycles. The van der Waals surface area contributed by atoms with E-state index in [1.54, 1.807) is 0 Å². The smallest absolute Gasteiger partial charge is 0.322 e. The number of rotatable bonds is 4. The third kappa shape index (κ3) is 13.0. The maximum atomic E-state index is 10.1. The van der Waals surface area contributed by atoms with Gasteiger partial charge in [0, 0.05) is 0 Å². The Morgan fingerprint density at radius 1 is 1.19 bits per heavy atom. The van der Waals surface area contributed by atoms with Crippen LogP contribution < -0.4 is 16.8 Å². The molecule has 1 aliphatic heterocycles. The molecule has 0 aromatic rings. The standard InChI is InChI=1S/C5H9NO2.C3H7NO3.C3H7NO2/c7-5(8)4-2-1-3-6-4;4-2(1-5)3(6)7;1-2(4)3(5)6/h4,6H,1-3H2,(H,7,8);2,5H,1,4H2,(H,6,7);2H,4H2,1H3,(H,5,6)/t4-;2*2-/m000/s1. The van der Waals surface area contributed by atoms with Gasteiger partial charge in [-0.25, -0.2) is 0 Å². The van der Waals surface area contributed by atoms with E-state index in [4.69, 9.17) is 31.9 Å². The minimum atomic E-state index is -1.18. The van der Waals surface area contributed by atoms with Gasteiger partial charge in [-0.3, -0.25) is 14.4 Å². The van der Waals surface area contributed by atoms with Gasteiger partial charge in [0.15, 0.2) is 0 Å². The van der Waals surface area contributed by atoms with Crippen LogP contribution in [0.2, 0.25) is 0 Å². The summed E-state index contributed by atoms with van der Waals surface area (Å²) in [6.45, 7) is 1.77. The van der Waals surface area contributed by atoms with E-state index in [1.807, 2.05) is 0 Å². The Balaban J connectivity index is 0. The van der Waals surface area contributed by atoms with Crippen LogP contribution in [0.3, 0.4) is 0 Å². The van der Waals surface area contributed by atoms with Gasteiger partial charge in [-0.2, -0.15) is 0 Å². The van der Waals surface area contributed by atoms with Crippen LogP contribution in [0.15, 0.2) is 0 Å². The molecular weight excluding hydrogens is 286 g/mol. The van der Waals surface area contributed by atoms with Gasteiger partial charge in [0.05, 0.1) is 6.61 Å². The van der Waals surface area contributed by atoms with Gasteiger partial charge >= 0.3 is 17.9 Å². The molecule has 9 N–H and O–H groups in total. The molecule has 0 spiro atoms. The van der Waals surface area contributed by atoms with E-state index in [0.717, 1.165) is 19.4 Å². The van der Waals surface area contributed by atoms with Gasteiger partial charge in [0.1, 0.15) is 18.1 Å². The van der Waals surface area contributed by atoms with Crippen molar-refractivity contribution >= 4 is 17.9 Å². The molecule has 1 heterocycles. The van der Waals surface area contributed by atoms with Gasteiger partial charge < -0.3 is 37.2 Å². The van der Waals surface area contributed by atoms with Crippen LogP contribution in [0.5, 0.6) is 0 Å². The molecule has 1 rings (SSSR count). The molecule has 10 heteroatoms. The Morgan fingerprint density at radius 3 is 1.76 bits per heavy atom. The number of nitrogens with two attached hydrogens (primary N) is 2. The zero-order valence-electron chi connectivity index (χ0n) is 11.7. The maximum absolute atomic E-state index is 10.1. The molecule has 0 aromatic heterocycles. The van der Waals surface area contributed by atoms with Crippen molar-refractivity contribution in [3.8, 4) is 0 Å². The molecule has 1 aliphatic rings. The van der Waals surface area contributed by atoms with Crippen molar-refractivity contribution in [1.29, 1.82) is 0 Å². The summed E-state index contributed by atoms with van der Waals surface area (Å²) in [5.41, 5.74) is 9.60. The van der Waals surface area contributed by atoms with Crippen molar-refractivity contribution in [2.75, 3.05) is 13.2 Å². The molecule has 3 atom stereocenters. The highest BCUT2D eigenvalue weighted by molar-refractivity contribution is 5.73. The van der Waals surface area contributed by atoms with E-state index in [-0.39, 0.29) is 6.04 Å². The first-order valence-electron chi connectivity index (χ1n) is 6.17. The van der Waals surface area contributed by atoms with Gasteiger partial charge in [-0.1, -0.05) is 0 Å². The zero-order chi connectivity index (χ0) is 17.0. The van der Waals surface area contributed by atoms with E-state index in [2.05, 4.69) is 5.32 Å². The summed E-state index contributed by atoms with van der Waals surface area (Å²) in [4.78, 5) is 29.4. The number of aliphatic hydroxyl groups is 1. The highest BCUT2D eigenvalue weighted by Gasteiger charge is 2.20. The molecule has 10 nitrogen and oxygen atoms in total. The fourth-order valence-corrected chi connectivity index (χ4v) is 0.973. The fraction of sp³-hybridized carbons (Fsp3) is 0.727. The number of nitrogens with one attached hydrogen (secondary N) is 1. The minimum Gasteiger partial charge on any atom is -0.480 e. The molecule has 124 valence electrons. The molecule has 1 saturated heterocycles. The summed E-state index contributed by atoms with van der Waals surface area (Å²) < 4.78 is 0. The summed E-state index contributed by atoms with van der Waals surface area (Å²) in [7, 11) is 0. The minimum absolute atomic E-state index is 0.269. The van der Waals surface area contributed by atoms with Crippen LogP contribution in [0.25, 0.3) is 0 Å². The lowest BCUT2D eigenvalue weighted by atomic mass is 10.2. The second-order valence-electron chi connectivity index (χ2n) is 4.24. The average Bonchev–Trinajstić information content (AvgIpc) is 2.93. The van der Waals surface area contributed by atoms with E-state index >= 15 is 0 Å². The molecule has 1 fully saturated rings. The predicted molar refractivity (Wildman–Crippen MR) is 72.6 cm³/mol. The van der Waals surface area contributed by atoms with Crippen molar-refractivity contribution < 1.29 is 34.8 Å². The maximum Gasteiger partial charge on any atom is 0.322 e. The summed E-state index contributed by atoms with van der Waals surface area (Å²) >= 11 is 0. The lowest BCUT2D eigenvalue weighted by molar-refractivity contribution is -0.140. The zero-order valence-corrected chi connectivity index (χ0v) is 11.7. The van der Waals surface area contributed by atoms with Crippen molar-refractivity contribution in [2.24, 2.45) is 11.5 Å². The van der Waals surface area contributed by atoms with E-state index in [1.165, 1.54) is 6.92 Å². The second-order valence-corrected chi connectivity index (χ2v) is 4.24. The molecule has 0 radical (unpaired) electrons. The first-order valence-corrected chi connectivity index (χ1v) is 6.17. The number of carboxylic acid groups (broad SMARTS) is 3. The van der Waals surface area contributed by atoms with Crippen LogP contribution in [0, 0.1) is 0 Å². The highest BCUT2D eigenvalue weighted by atomic mass is 16.4. The quantitative estimate of drug-likeness (QED) is 0.294. The van der Waals surface area contributed by atoms with Crippen LogP contribution in [0.4, 0.5) is 0 Å². The number of hydrogen-bond donors (Lipinski definition) is 7. The van der Waals surface area contributed by atoms with Gasteiger partial charge in [-0.05, 0) is 26.3 Å². The third-order valence-electron chi connectivity index (χ3n) is 2.26. The van der Waals surface area contributed by atoms with E-state index in [0.29, 0.717) is 0 Å². The molecule has 0 aliphatic carbocycles. The molecule has 0 aromatic carbocycles. The monoisotopic (exact) mass is 309 g/mol. The summed E-state index contributed by atoms with van der Waals surface area (Å²) in [5.74, 6) is -2.86. The van der Waals surface area contributed by atoms with Crippen LogP contribution in [-0.4, -0.2) is 69.6 Å². The Kier molecular flexibility index (Phi) is 12.3. The normalized spacial score (nSPS) is 19.1. The second kappa shape index (κ2) is 12.0. The van der Waals surface area contributed by atoms with Gasteiger partial charge in [0.25, 0.3) is 0 Å². The van der Waals surface area contributed by atoms with Crippen molar-refractivity contribution in [1.82, 2.24) is 5.32 Å². The molecule has 21 heavy (non-hydrogen) atoms. The van der Waals surface area contributed by atoms with Crippen LogP contribution >= 0.6 is 0 Å². The topological polar surface area (TPSA) is 196 Å². The average molecular weight is 309 g/mol. The van der Waals surface area contributed by atoms with E-state index in [9.17, 15) is 14.4 Å². The van der Waals surface area contributed by atoms with Crippen molar-refractivity contribution in [3.05, 3.63) is 0 Å². The molecular formula is C11H23N3O7. The number of aliphatic carboxylic acids is 3. The number of carboxylic acids is 3. The highest BCUT2D eigenvalue weighted by Crippen LogP contribution is 2.03. The largest absolute Gasteiger partial charge is 0.480 e. The lowest BCUT2D eigenvalue weighted by Gasteiger charge is -1.99. The molecule has 0 amide bonds. The van der Waals surface area contributed by atoms with Crippen molar-refractivity contribution in [3.63, 3.8) is 0 Å². The SMILES string of the molecule is C[C@H](N)C(=O)O.N[C@@H](CO)C(=O)O.O=C(O)[C@@H]1CCCN1. The molecule has 0 bridgehead atoms. The first-order chi connectivity index (χ1) is 9.63. The van der Waals surface area contributed by atoms with Gasteiger partial charge in [-0.15, -0.1) is 0 Å². The number of carbonyl (C=O) groups is 3. The Labute approximate surface area is 121 Å². The summed E-state index contributed by atoms with van der Waals surface area (Å²) in [6.07, 6.45) is 1.78. The van der Waals surface area contributed by atoms with Crippen molar-refractivity contribution in [2.45, 2.75) is 37.9 Å². The fourth-order valence-electron chi connectivity index (χ4n) is 0.973. The first kappa shape index (κ1) is 21.5. The Hall–Kier alpha value is -1.75. The predicted octanol–water partition coefficient (Wildman–Crippen LogP) is -2.37. The third-order valence-corrected chi connectivity index (χ3v) is 2.26. The molecule has 0 unspecified atom stereocenters. The van der Waals surface area contributed by atoms with Crippen LogP contribution in [-0.2, 0) is 14.4 Å². The number of aliphatic hydroxyl groups excluding tert-OH is 1. The Bertz CT molecular complexity index is 330.